The van der Waals surface area contributed by atoms with Crippen molar-refractivity contribution in [3.63, 3.8) is 0 Å². The van der Waals surface area contributed by atoms with Crippen molar-refractivity contribution in [3.05, 3.63) is 35.4 Å². The van der Waals surface area contributed by atoms with Crippen molar-refractivity contribution >= 4 is 17.3 Å². The molecule has 0 amide bonds. The van der Waals surface area contributed by atoms with E-state index in [1.165, 1.54) is 0 Å². The first-order valence-corrected chi connectivity index (χ1v) is 11.3. The van der Waals surface area contributed by atoms with Gasteiger partial charge in [-0.2, -0.15) is 0 Å². The van der Waals surface area contributed by atoms with E-state index in [0.29, 0.717) is 18.6 Å². The van der Waals surface area contributed by atoms with E-state index in [1.54, 1.807) is 6.92 Å². The molecule has 1 N–H and O–H groups in total. The highest BCUT2D eigenvalue weighted by molar-refractivity contribution is 5.94. The van der Waals surface area contributed by atoms with Gasteiger partial charge in [-0.05, 0) is 63.0 Å². The van der Waals surface area contributed by atoms with Crippen LogP contribution in [0.2, 0.25) is 0 Å². The molecule has 29 heavy (non-hydrogen) atoms. The van der Waals surface area contributed by atoms with Gasteiger partial charge in [-0.25, -0.2) is 0 Å². The molecule has 4 heteroatoms. The average Bonchev–Trinajstić information content (AvgIpc) is 3.08. The Labute approximate surface area is 174 Å². The lowest BCUT2D eigenvalue weighted by molar-refractivity contribution is -0.131. The van der Waals surface area contributed by atoms with Gasteiger partial charge in [0.15, 0.2) is 0 Å². The largest absolute Gasteiger partial charge is 0.389 e. The summed E-state index contributed by atoms with van der Waals surface area (Å²) >= 11 is 0. The molecule has 1 aromatic carbocycles. The molecular weight excluding hydrogens is 364 g/mol. The molecule has 0 spiro atoms. The van der Waals surface area contributed by atoms with E-state index >= 15 is 0 Å². The zero-order chi connectivity index (χ0) is 21.0. The third-order valence-electron chi connectivity index (χ3n) is 6.95. The molecule has 0 radical (unpaired) electrons. The summed E-state index contributed by atoms with van der Waals surface area (Å²) < 4.78 is 0. The Morgan fingerprint density at radius 3 is 2.10 bits per heavy atom. The number of Topliss-reactive ketones (excluding diaryl/α,β-unsaturated/α-hetero) is 3. The number of rotatable bonds is 8. The molecule has 0 heterocycles. The molecular formula is C25H34O4. The maximum Gasteiger partial charge on any atom is 0.143 e. The summed E-state index contributed by atoms with van der Waals surface area (Å²) in [5, 5.41) is 9.65. The first-order valence-electron chi connectivity index (χ1n) is 11.3. The number of aliphatic hydroxyl groups excluding tert-OH is 1. The Morgan fingerprint density at radius 1 is 0.966 bits per heavy atom. The van der Waals surface area contributed by atoms with Crippen molar-refractivity contribution in [1.82, 2.24) is 0 Å². The van der Waals surface area contributed by atoms with E-state index in [4.69, 9.17) is 0 Å². The van der Waals surface area contributed by atoms with Crippen LogP contribution >= 0.6 is 0 Å². The zero-order valence-electron chi connectivity index (χ0n) is 17.7. The quantitative estimate of drug-likeness (QED) is 0.673. The lowest BCUT2D eigenvalue weighted by atomic mass is 9.76. The van der Waals surface area contributed by atoms with Gasteiger partial charge in [-0.15, -0.1) is 0 Å². The average molecular weight is 399 g/mol. The Morgan fingerprint density at radius 2 is 1.55 bits per heavy atom. The number of hydrogen-bond acceptors (Lipinski definition) is 4. The van der Waals surface area contributed by atoms with Gasteiger partial charge >= 0.3 is 0 Å². The summed E-state index contributed by atoms with van der Waals surface area (Å²) in [6, 6.07) is 7.63. The third-order valence-corrected chi connectivity index (χ3v) is 6.95. The van der Waals surface area contributed by atoms with Crippen molar-refractivity contribution in [2.45, 2.75) is 83.7 Å². The molecule has 0 aliphatic heterocycles. The second kappa shape index (κ2) is 9.80. The number of ketones is 3. The fourth-order valence-electron chi connectivity index (χ4n) is 5.07. The molecule has 3 atom stereocenters. The topological polar surface area (TPSA) is 71.4 Å². The van der Waals surface area contributed by atoms with E-state index in [1.807, 2.05) is 31.2 Å². The van der Waals surface area contributed by atoms with Gasteiger partial charge in [-0.3, -0.25) is 14.4 Å². The van der Waals surface area contributed by atoms with Crippen LogP contribution in [-0.2, 0) is 14.4 Å². The summed E-state index contributed by atoms with van der Waals surface area (Å²) in [5.74, 6) is 0.638. The molecule has 2 fully saturated rings. The molecule has 3 unspecified atom stereocenters. The summed E-state index contributed by atoms with van der Waals surface area (Å²) in [4.78, 5) is 37.8. The van der Waals surface area contributed by atoms with Crippen LogP contribution in [0.3, 0.4) is 0 Å². The minimum absolute atomic E-state index is 0.0258. The van der Waals surface area contributed by atoms with Gasteiger partial charge in [0.25, 0.3) is 0 Å². The SMILES string of the molecule is CCCC(=O)C1CCC(C(=O)CC2CCC(c3ccc(C(C)O)cc3)C2=O)CC1. The standard InChI is InChI=1S/C25H34O4/c1-3-4-23(27)19-9-11-20(12-10-19)24(28)15-21-13-14-22(25(21)29)18-7-5-17(6-8-18)16(2)26/h5-8,16,19-22,26H,3-4,9-15H2,1-2H3. The van der Waals surface area contributed by atoms with Gasteiger partial charge in [0.05, 0.1) is 6.10 Å². The summed E-state index contributed by atoms with van der Waals surface area (Å²) in [6.45, 7) is 3.75. The molecule has 4 nitrogen and oxygen atoms in total. The highest BCUT2D eigenvalue weighted by atomic mass is 16.3. The van der Waals surface area contributed by atoms with Crippen LogP contribution in [0, 0.1) is 17.8 Å². The van der Waals surface area contributed by atoms with E-state index < -0.39 is 6.10 Å². The van der Waals surface area contributed by atoms with Crippen LogP contribution in [0.5, 0.6) is 0 Å². The maximum atomic E-state index is 12.9. The first-order chi connectivity index (χ1) is 13.9. The molecule has 2 aliphatic carbocycles. The van der Waals surface area contributed by atoms with Crippen LogP contribution in [0.4, 0.5) is 0 Å². The van der Waals surface area contributed by atoms with Gasteiger partial charge in [0.1, 0.15) is 17.3 Å². The molecule has 0 saturated heterocycles. The molecule has 158 valence electrons. The molecule has 3 rings (SSSR count). The van der Waals surface area contributed by atoms with E-state index in [9.17, 15) is 19.5 Å². The Hall–Kier alpha value is -1.81. The van der Waals surface area contributed by atoms with Crippen LogP contribution in [0.25, 0.3) is 0 Å². The van der Waals surface area contributed by atoms with Crippen molar-refractivity contribution in [1.29, 1.82) is 0 Å². The Balaban J connectivity index is 1.52. The van der Waals surface area contributed by atoms with Crippen molar-refractivity contribution in [2.75, 3.05) is 0 Å². The fraction of sp³-hybridized carbons (Fsp3) is 0.640. The van der Waals surface area contributed by atoms with Crippen LogP contribution < -0.4 is 0 Å². The number of aliphatic hydroxyl groups is 1. The monoisotopic (exact) mass is 398 g/mol. The van der Waals surface area contributed by atoms with Crippen molar-refractivity contribution in [3.8, 4) is 0 Å². The van der Waals surface area contributed by atoms with E-state index in [0.717, 1.165) is 56.1 Å². The molecule has 2 aliphatic rings. The van der Waals surface area contributed by atoms with Crippen molar-refractivity contribution in [2.24, 2.45) is 17.8 Å². The summed E-state index contributed by atoms with van der Waals surface area (Å²) in [6.07, 6.45) is 6.21. The fourth-order valence-corrected chi connectivity index (χ4v) is 5.07. The summed E-state index contributed by atoms with van der Waals surface area (Å²) in [7, 11) is 0. The third kappa shape index (κ3) is 5.22. The smallest absolute Gasteiger partial charge is 0.143 e. The van der Waals surface area contributed by atoms with Gasteiger partial charge < -0.3 is 5.11 Å². The molecule has 1 aromatic rings. The van der Waals surface area contributed by atoms with Gasteiger partial charge in [-0.1, -0.05) is 31.2 Å². The minimum Gasteiger partial charge on any atom is -0.389 e. The normalized spacial score (nSPS) is 28.3. The lowest BCUT2D eigenvalue weighted by Gasteiger charge is -2.27. The molecule has 2 saturated carbocycles. The van der Waals surface area contributed by atoms with Crippen LogP contribution in [0.15, 0.2) is 24.3 Å². The second-order valence-electron chi connectivity index (χ2n) is 9.01. The number of carbonyl (C=O) groups is 3. The second-order valence-corrected chi connectivity index (χ2v) is 9.01. The van der Waals surface area contributed by atoms with E-state index in [-0.39, 0.29) is 35.2 Å². The first kappa shape index (κ1) is 21.9. The summed E-state index contributed by atoms with van der Waals surface area (Å²) in [5.41, 5.74) is 1.84. The predicted molar refractivity (Wildman–Crippen MR) is 113 cm³/mol. The highest BCUT2D eigenvalue weighted by Crippen LogP contribution is 2.39. The van der Waals surface area contributed by atoms with E-state index in [2.05, 4.69) is 0 Å². The Kier molecular flexibility index (Phi) is 7.39. The van der Waals surface area contributed by atoms with Crippen LogP contribution in [0.1, 0.15) is 94.8 Å². The van der Waals surface area contributed by atoms with Crippen molar-refractivity contribution < 1.29 is 19.5 Å². The maximum absolute atomic E-state index is 12.9. The highest BCUT2D eigenvalue weighted by Gasteiger charge is 2.38. The number of carbonyl (C=O) groups excluding carboxylic acids is 3. The lowest BCUT2D eigenvalue weighted by Crippen LogP contribution is -2.28. The van der Waals surface area contributed by atoms with Crippen LogP contribution in [-0.4, -0.2) is 22.5 Å². The minimum atomic E-state index is -0.513. The van der Waals surface area contributed by atoms with Gasteiger partial charge in [0.2, 0.25) is 0 Å². The molecule has 0 bridgehead atoms. The Bertz CT molecular complexity index is 726. The number of benzene rings is 1. The zero-order valence-corrected chi connectivity index (χ0v) is 17.7. The predicted octanol–water partition coefficient (Wildman–Crippen LogP) is 4.94. The number of hydrogen-bond donors (Lipinski definition) is 1. The molecule has 0 aromatic heterocycles. The van der Waals surface area contributed by atoms with Gasteiger partial charge in [0, 0.05) is 36.5 Å².